The van der Waals surface area contributed by atoms with Gasteiger partial charge in [0.05, 0.1) is 25.6 Å². The molecule has 192 valence electrons. The Balaban J connectivity index is 1.21. The molecule has 2 atom stereocenters. The highest BCUT2D eigenvalue weighted by molar-refractivity contribution is 5.83. The third-order valence-electron chi connectivity index (χ3n) is 7.01. The molecule has 3 aromatic rings. The zero-order valence-corrected chi connectivity index (χ0v) is 20.1. The predicted molar refractivity (Wildman–Crippen MR) is 130 cm³/mol. The van der Waals surface area contributed by atoms with Crippen molar-refractivity contribution in [3.63, 3.8) is 0 Å². The molecule has 36 heavy (non-hydrogen) atoms. The molecule has 0 unspecified atom stereocenters. The van der Waals surface area contributed by atoms with Gasteiger partial charge < -0.3 is 29.3 Å². The quantitative estimate of drug-likeness (QED) is 0.461. The molecule has 2 N–H and O–H groups in total. The molecule has 2 saturated heterocycles. The number of aromatic nitrogens is 4. The lowest BCUT2D eigenvalue weighted by atomic mass is 10.1. The molecule has 12 nitrogen and oxygen atoms in total. The van der Waals surface area contributed by atoms with E-state index in [-0.39, 0.29) is 32.3 Å². The van der Waals surface area contributed by atoms with Gasteiger partial charge in [-0.05, 0) is 17.7 Å². The topological polar surface area (TPSA) is 121 Å². The van der Waals surface area contributed by atoms with Crippen molar-refractivity contribution < 1.29 is 24.4 Å². The van der Waals surface area contributed by atoms with E-state index in [0.29, 0.717) is 31.8 Å². The first kappa shape index (κ1) is 23.4. The van der Waals surface area contributed by atoms with Crippen molar-refractivity contribution in [3.05, 3.63) is 36.4 Å². The SMILES string of the molecule is OCCN1CCN(c2ncnc3c2ncn3[C@H]2CN(Cc3ccc4c(c3)OCO4)C[C@@H](CO)O2)CC1. The van der Waals surface area contributed by atoms with Gasteiger partial charge in [0.15, 0.2) is 28.5 Å². The summed E-state index contributed by atoms with van der Waals surface area (Å²) >= 11 is 0. The van der Waals surface area contributed by atoms with E-state index in [1.165, 1.54) is 0 Å². The van der Waals surface area contributed by atoms with Crippen LogP contribution in [0.2, 0.25) is 0 Å². The molecule has 6 rings (SSSR count). The lowest BCUT2D eigenvalue weighted by Gasteiger charge is -2.38. The van der Waals surface area contributed by atoms with Crippen LogP contribution >= 0.6 is 0 Å². The van der Waals surface area contributed by atoms with E-state index in [9.17, 15) is 10.2 Å². The van der Waals surface area contributed by atoms with E-state index in [1.54, 1.807) is 12.7 Å². The van der Waals surface area contributed by atoms with Gasteiger partial charge in [0, 0.05) is 52.4 Å². The van der Waals surface area contributed by atoms with Crippen LogP contribution in [-0.2, 0) is 11.3 Å². The second-order valence-electron chi connectivity index (χ2n) is 9.35. The zero-order valence-electron chi connectivity index (χ0n) is 20.1. The second kappa shape index (κ2) is 10.1. The van der Waals surface area contributed by atoms with Crippen molar-refractivity contribution in [1.29, 1.82) is 0 Å². The highest BCUT2D eigenvalue weighted by Gasteiger charge is 2.31. The smallest absolute Gasteiger partial charge is 0.231 e. The molecule has 3 aliphatic rings. The van der Waals surface area contributed by atoms with Gasteiger partial charge in [-0.1, -0.05) is 6.07 Å². The molecule has 0 radical (unpaired) electrons. The Labute approximate surface area is 208 Å². The van der Waals surface area contributed by atoms with Crippen molar-refractivity contribution >= 4 is 17.0 Å². The van der Waals surface area contributed by atoms with Gasteiger partial charge in [-0.2, -0.15) is 0 Å². The van der Waals surface area contributed by atoms with Crippen LogP contribution in [0.25, 0.3) is 11.2 Å². The molecular weight excluding hydrogens is 466 g/mol. The van der Waals surface area contributed by atoms with Gasteiger partial charge in [-0.15, -0.1) is 0 Å². The van der Waals surface area contributed by atoms with Crippen LogP contribution in [-0.4, -0.2) is 111 Å². The Morgan fingerprint density at radius 1 is 0.944 bits per heavy atom. The number of aliphatic hydroxyl groups is 2. The number of imidazole rings is 1. The van der Waals surface area contributed by atoms with E-state index < -0.39 is 0 Å². The van der Waals surface area contributed by atoms with Crippen molar-refractivity contribution in [1.82, 2.24) is 29.3 Å². The fourth-order valence-corrected chi connectivity index (χ4v) is 5.18. The molecule has 2 fully saturated rings. The lowest BCUT2D eigenvalue weighted by Crippen LogP contribution is -2.47. The van der Waals surface area contributed by atoms with Crippen molar-refractivity contribution in [2.24, 2.45) is 0 Å². The van der Waals surface area contributed by atoms with Crippen molar-refractivity contribution in [2.45, 2.75) is 18.9 Å². The van der Waals surface area contributed by atoms with Crippen LogP contribution in [0.3, 0.4) is 0 Å². The Morgan fingerprint density at radius 2 is 1.81 bits per heavy atom. The number of aliphatic hydroxyl groups excluding tert-OH is 2. The Bertz CT molecular complexity index is 1200. The number of morpholine rings is 1. The first-order valence-corrected chi connectivity index (χ1v) is 12.3. The molecule has 12 heteroatoms. The Morgan fingerprint density at radius 3 is 2.64 bits per heavy atom. The minimum atomic E-state index is -0.348. The number of nitrogens with zero attached hydrogens (tertiary/aromatic N) is 7. The maximum Gasteiger partial charge on any atom is 0.231 e. The molecule has 0 bridgehead atoms. The molecular formula is C24H31N7O5. The molecule has 2 aromatic heterocycles. The number of β-amino-alcohol motifs (C(OH)–C–C–N with tert-alkyl or cyclic N) is 1. The average Bonchev–Trinajstić information content (AvgIpc) is 3.56. The number of hydrogen-bond acceptors (Lipinski definition) is 11. The summed E-state index contributed by atoms with van der Waals surface area (Å²) in [4.78, 5) is 20.5. The van der Waals surface area contributed by atoms with Gasteiger partial charge in [-0.3, -0.25) is 14.4 Å². The Hall–Kier alpha value is -3.03. The largest absolute Gasteiger partial charge is 0.454 e. The summed E-state index contributed by atoms with van der Waals surface area (Å²) in [5.41, 5.74) is 2.56. The fourth-order valence-electron chi connectivity index (χ4n) is 5.18. The lowest BCUT2D eigenvalue weighted by molar-refractivity contribution is -0.135. The number of benzene rings is 1. The highest BCUT2D eigenvalue weighted by atomic mass is 16.7. The normalized spacial score (nSPS) is 23.0. The van der Waals surface area contributed by atoms with E-state index in [1.807, 2.05) is 22.8 Å². The second-order valence-corrected chi connectivity index (χ2v) is 9.35. The Kier molecular flexibility index (Phi) is 6.59. The van der Waals surface area contributed by atoms with E-state index in [2.05, 4.69) is 29.7 Å². The summed E-state index contributed by atoms with van der Waals surface area (Å²) in [5.74, 6) is 2.34. The van der Waals surface area contributed by atoms with Crippen molar-refractivity contribution in [2.75, 3.05) is 70.7 Å². The summed E-state index contributed by atoms with van der Waals surface area (Å²) in [5, 5.41) is 19.2. The van der Waals surface area contributed by atoms with Gasteiger partial charge in [-0.25, -0.2) is 15.0 Å². The number of fused-ring (bicyclic) bond motifs is 2. The minimum Gasteiger partial charge on any atom is -0.454 e. The fraction of sp³-hybridized carbons (Fsp3) is 0.542. The van der Waals surface area contributed by atoms with Crippen LogP contribution in [0.5, 0.6) is 11.5 Å². The van der Waals surface area contributed by atoms with Crippen LogP contribution < -0.4 is 14.4 Å². The molecule has 0 spiro atoms. The summed E-state index contributed by atoms with van der Waals surface area (Å²) in [6, 6.07) is 5.98. The number of piperazine rings is 1. The van der Waals surface area contributed by atoms with Gasteiger partial charge in [0.2, 0.25) is 6.79 Å². The minimum absolute atomic E-state index is 0.0703. The van der Waals surface area contributed by atoms with Gasteiger partial charge >= 0.3 is 0 Å². The number of hydrogen-bond donors (Lipinski definition) is 2. The van der Waals surface area contributed by atoms with Crippen LogP contribution in [0.1, 0.15) is 11.8 Å². The summed E-state index contributed by atoms with van der Waals surface area (Å²) in [6.45, 7) is 6.33. The first-order chi connectivity index (χ1) is 17.7. The van der Waals surface area contributed by atoms with Gasteiger partial charge in [0.25, 0.3) is 0 Å². The number of ether oxygens (including phenoxy) is 3. The van der Waals surface area contributed by atoms with E-state index >= 15 is 0 Å². The zero-order chi connectivity index (χ0) is 24.5. The summed E-state index contributed by atoms with van der Waals surface area (Å²) in [7, 11) is 0. The van der Waals surface area contributed by atoms with Crippen molar-refractivity contribution in [3.8, 4) is 11.5 Å². The molecule has 5 heterocycles. The third-order valence-corrected chi connectivity index (χ3v) is 7.01. The summed E-state index contributed by atoms with van der Waals surface area (Å²) in [6.07, 6.45) is 2.66. The van der Waals surface area contributed by atoms with E-state index in [0.717, 1.165) is 54.6 Å². The average molecular weight is 498 g/mol. The molecule has 0 aliphatic carbocycles. The first-order valence-electron chi connectivity index (χ1n) is 12.3. The maximum atomic E-state index is 9.94. The number of anilines is 1. The molecule has 0 amide bonds. The van der Waals surface area contributed by atoms with Crippen LogP contribution in [0, 0.1) is 0 Å². The van der Waals surface area contributed by atoms with Crippen LogP contribution in [0.4, 0.5) is 5.82 Å². The summed E-state index contributed by atoms with van der Waals surface area (Å²) < 4.78 is 19.1. The monoisotopic (exact) mass is 497 g/mol. The predicted octanol–water partition coefficient (Wildman–Crippen LogP) is 0.0612. The van der Waals surface area contributed by atoms with Crippen LogP contribution in [0.15, 0.2) is 30.9 Å². The standard InChI is InChI=1S/C24H31N7O5/c32-8-7-28-3-5-30(6-4-28)23-22-24(26-14-25-23)31(15-27-22)21-12-29(11-18(13-33)36-21)10-17-1-2-19-20(9-17)35-16-34-19/h1-2,9,14-15,18,21,32-33H,3-8,10-13,16H2/t18-,21+/m0/s1. The molecule has 0 saturated carbocycles. The third kappa shape index (κ3) is 4.58. The molecule has 3 aliphatic heterocycles. The number of rotatable bonds is 7. The van der Waals surface area contributed by atoms with E-state index in [4.69, 9.17) is 14.2 Å². The van der Waals surface area contributed by atoms with Gasteiger partial charge in [0.1, 0.15) is 12.6 Å². The molecule has 1 aromatic carbocycles. The highest BCUT2D eigenvalue weighted by Crippen LogP contribution is 2.34. The maximum absolute atomic E-state index is 9.94.